The van der Waals surface area contributed by atoms with Crippen LogP contribution in [0.15, 0.2) is 28.9 Å². The molecule has 0 aliphatic carbocycles. The predicted molar refractivity (Wildman–Crippen MR) is 32.3 cm³/mol. The van der Waals surface area contributed by atoms with Gasteiger partial charge in [-0.15, -0.1) is 0 Å². The van der Waals surface area contributed by atoms with E-state index in [9.17, 15) is 4.79 Å². The topological polar surface area (TPSA) is 49.7 Å². The molecule has 0 spiro atoms. The Bertz CT molecular complexity index is 213. The normalized spacial score (nSPS) is 14.4. The van der Waals surface area contributed by atoms with Crippen LogP contribution in [0.4, 0.5) is 0 Å². The lowest BCUT2D eigenvalue weighted by molar-refractivity contribution is -0.132. The van der Waals surface area contributed by atoms with Gasteiger partial charge in [-0.1, -0.05) is 4.99 Å². The van der Waals surface area contributed by atoms with Crippen molar-refractivity contribution in [1.82, 2.24) is 0 Å². The summed E-state index contributed by atoms with van der Waals surface area (Å²) < 4.78 is 0. The number of carboxylic acid groups (broad SMARTS) is 1. The van der Waals surface area contributed by atoms with Gasteiger partial charge in [0.25, 0.3) is 5.70 Å². The highest BCUT2D eigenvalue weighted by molar-refractivity contribution is 5.91. The number of aliphatic imine (C=N–C) groups is 1. The van der Waals surface area contributed by atoms with Crippen molar-refractivity contribution >= 4 is 12.2 Å². The Kier molecular flexibility index (Phi) is 1.38. The molecule has 3 nitrogen and oxygen atoms in total. The van der Waals surface area contributed by atoms with Gasteiger partial charge in [-0.3, -0.25) is 0 Å². The van der Waals surface area contributed by atoms with E-state index in [1.807, 2.05) is 0 Å². The molecule has 3 heteroatoms. The molecule has 0 fully saturated rings. The minimum Gasteiger partial charge on any atom is -0.466 e. The summed E-state index contributed by atoms with van der Waals surface area (Å²) in [6, 6.07) is 0. The minimum atomic E-state index is -1.02. The number of nitrogens with zero attached hydrogens (tertiary/aromatic N) is 1. The van der Waals surface area contributed by atoms with Crippen LogP contribution >= 0.6 is 0 Å². The monoisotopic (exact) mass is 122 g/mol. The third kappa shape index (κ3) is 1.21. The molecule has 0 saturated heterocycles. The summed E-state index contributed by atoms with van der Waals surface area (Å²) >= 11 is 0. The molecule has 1 heterocycles. The number of aliphatic carboxylic acids is 1. The second-order valence-corrected chi connectivity index (χ2v) is 1.46. The first kappa shape index (κ1) is 5.66. The molecular formula is C6H4NO2+. The van der Waals surface area contributed by atoms with Crippen LogP contribution in [0.5, 0.6) is 0 Å². The Balaban J connectivity index is 2.84. The van der Waals surface area contributed by atoms with Crippen LogP contribution in [0, 0.1) is 0 Å². The molecule has 0 saturated carbocycles. The number of hydrogen-bond donors (Lipinski definition) is 1. The predicted octanol–water partition coefficient (Wildman–Crippen LogP) is 0.473. The van der Waals surface area contributed by atoms with Crippen LogP contribution in [0.3, 0.4) is 0 Å². The van der Waals surface area contributed by atoms with Crippen LogP contribution in [-0.2, 0) is 4.79 Å². The Labute approximate surface area is 52.0 Å². The lowest BCUT2D eigenvalue weighted by Gasteiger charge is -1.81. The van der Waals surface area contributed by atoms with Crippen LogP contribution in [0.2, 0.25) is 0 Å². The van der Waals surface area contributed by atoms with E-state index in [4.69, 9.17) is 5.11 Å². The maximum absolute atomic E-state index is 10.1. The average molecular weight is 122 g/mol. The summed E-state index contributed by atoms with van der Waals surface area (Å²) in [5.74, 6) is -1.02. The Hall–Kier alpha value is -1.47. The van der Waals surface area contributed by atoms with Crippen molar-refractivity contribution in [2.75, 3.05) is 0 Å². The zero-order valence-electron chi connectivity index (χ0n) is 4.53. The van der Waals surface area contributed by atoms with Crippen LogP contribution in [0.1, 0.15) is 0 Å². The molecule has 0 amide bonds. The number of rotatable bonds is 1. The van der Waals surface area contributed by atoms with Gasteiger partial charge in [0.2, 0.25) is 0 Å². The van der Waals surface area contributed by atoms with E-state index in [2.05, 4.69) is 11.2 Å². The molecule has 44 valence electrons. The van der Waals surface area contributed by atoms with Crippen LogP contribution < -0.4 is 0 Å². The van der Waals surface area contributed by atoms with Crippen molar-refractivity contribution in [3.05, 3.63) is 23.9 Å². The third-order valence-corrected chi connectivity index (χ3v) is 0.829. The van der Waals surface area contributed by atoms with Crippen molar-refractivity contribution in [2.24, 2.45) is 4.99 Å². The van der Waals surface area contributed by atoms with Gasteiger partial charge in [0, 0.05) is 0 Å². The average Bonchev–Trinajstić information content (AvgIpc) is 1.90. The Morgan fingerprint density at radius 2 is 2.56 bits per heavy atom. The molecule has 9 heavy (non-hydrogen) atoms. The van der Waals surface area contributed by atoms with E-state index in [0.717, 1.165) is 0 Å². The highest BCUT2D eigenvalue weighted by Gasteiger charge is 2.12. The van der Waals surface area contributed by atoms with E-state index in [-0.39, 0.29) is 5.70 Å². The summed E-state index contributed by atoms with van der Waals surface area (Å²) in [6.07, 6.45) is 6.95. The first-order valence-corrected chi connectivity index (χ1v) is 2.37. The molecular weight excluding hydrogens is 118 g/mol. The highest BCUT2D eigenvalue weighted by Crippen LogP contribution is 1.99. The summed E-state index contributed by atoms with van der Waals surface area (Å²) in [5, 5.41) is 8.30. The van der Waals surface area contributed by atoms with Crippen LogP contribution in [-0.4, -0.2) is 17.3 Å². The van der Waals surface area contributed by atoms with Gasteiger partial charge in [-0.05, 0) is 0 Å². The maximum atomic E-state index is 10.1. The van der Waals surface area contributed by atoms with E-state index in [1.54, 1.807) is 12.2 Å². The van der Waals surface area contributed by atoms with Gasteiger partial charge < -0.3 is 5.11 Å². The fourth-order valence-corrected chi connectivity index (χ4v) is 0.445. The first-order valence-electron chi connectivity index (χ1n) is 2.37. The largest absolute Gasteiger partial charge is 0.466 e. The van der Waals surface area contributed by atoms with E-state index in [1.165, 1.54) is 6.08 Å². The van der Waals surface area contributed by atoms with E-state index >= 15 is 0 Å². The fourth-order valence-electron chi connectivity index (χ4n) is 0.445. The number of hydrogen-bond acceptors (Lipinski definition) is 2. The zero-order chi connectivity index (χ0) is 6.69. The van der Waals surface area contributed by atoms with Gasteiger partial charge in [-0.2, -0.15) is 0 Å². The molecule has 1 aliphatic heterocycles. The quantitative estimate of drug-likeness (QED) is 0.514. The maximum Gasteiger partial charge on any atom is 0.414 e. The first-order chi connectivity index (χ1) is 4.30. The zero-order valence-corrected chi connectivity index (χ0v) is 4.53. The molecule has 1 aliphatic rings. The summed E-state index contributed by atoms with van der Waals surface area (Å²) in [5.41, 5.74) is 0.0255. The van der Waals surface area contributed by atoms with Gasteiger partial charge in [-0.25, -0.2) is 4.79 Å². The molecule has 0 radical (unpaired) electrons. The number of carboxylic acids is 1. The fraction of sp³-hybridized carbons (Fsp3) is 0. The molecule has 0 aromatic rings. The molecule has 0 atom stereocenters. The second kappa shape index (κ2) is 2.20. The Morgan fingerprint density at radius 3 is 2.89 bits per heavy atom. The summed E-state index contributed by atoms with van der Waals surface area (Å²) in [6.45, 7) is 0. The summed E-state index contributed by atoms with van der Waals surface area (Å²) in [7, 11) is 0. The second-order valence-electron chi connectivity index (χ2n) is 1.46. The minimum absolute atomic E-state index is 0.0255. The van der Waals surface area contributed by atoms with Crippen molar-refractivity contribution in [3.8, 4) is 0 Å². The molecule has 0 bridgehead atoms. The lowest BCUT2D eigenvalue weighted by Crippen LogP contribution is -1.98. The smallest absolute Gasteiger partial charge is 0.414 e. The van der Waals surface area contributed by atoms with Crippen molar-refractivity contribution < 1.29 is 9.90 Å². The number of carbonyl (C=O) groups is 1. The van der Waals surface area contributed by atoms with Crippen molar-refractivity contribution in [3.63, 3.8) is 0 Å². The van der Waals surface area contributed by atoms with Crippen molar-refractivity contribution in [1.29, 1.82) is 0 Å². The van der Waals surface area contributed by atoms with Gasteiger partial charge >= 0.3 is 5.97 Å². The summed E-state index contributed by atoms with van der Waals surface area (Å²) in [4.78, 5) is 13.6. The van der Waals surface area contributed by atoms with Gasteiger partial charge in [0.05, 0.1) is 12.2 Å². The molecule has 0 aromatic heterocycles. The van der Waals surface area contributed by atoms with Crippen molar-refractivity contribution in [2.45, 2.75) is 0 Å². The molecule has 0 aromatic carbocycles. The van der Waals surface area contributed by atoms with Gasteiger partial charge in [0.1, 0.15) is 6.08 Å². The molecule has 1 N–H and O–H groups in total. The third-order valence-electron chi connectivity index (χ3n) is 0.829. The molecule has 0 unspecified atom stereocenters. The standard InChI is InChI=1S/C6H3NO2/c8-6(9)5-3-1-2-4-7-5/h1-3H/p+1. The Morgan fingerprint density at radius 1 is 1.78 bits per heavy atom. The molecule has 1 rings (SSSR count). The highest BCUT2D eigenvalue weighted by atomic mass is 16.4. The van der Waals surface area contributed by atoms with Crippen LogP contribution in [0.25, 0.3) is 0 Å². The van der Waals surface area contributed by atoms with E-state index in [0.29, 0.717) is 0 Å². The lowest BCUT2D eigenvalue weighted by atomic mass is 10.3. The van der Waals surface area contributed by atoms with Gasteiger partial charge in [0.15, 0.2) is 6.21 Å². The SMILES string of the molecule is O=C(O)C1=CC=C[C+]=N1. The van der Waals surface area contributed by atoms with E-state index < -0.39 is 5.97 Å². The number of allylic oxidation sites excluding steroid dienone is 3.